The van der Waals surface area contributed by atoms with Gasteiger partial charge in [-0.05, 0) is 62.8 Å². The molecule has 2 unspecified atom stereocenters. The highest BCUT2D eigenvalue weighted by Gasteiger charge is 2.17. The molecule has 2 rings (SSSR count). The summed E-state index contributed by atoms with van der Waals surface area (Å²) in [4.78, 5) is 0. The van der Waals surface area contributed by atoms with Gasteiger partial charge in [0, 0.05) is 17.1 Å². The minimum absolute atomic E-state index is 0.122. The van der Waals surface area contributed by atoms with E-state index in [-0.39, 0.29) is 12.1 Å². The number of benzene rings is 1. The van der Waals surface area contributed by atoms with Gasteiger partial charge in [-0.2, -0.15) is 0 Å². The molecule has 2 N–H and O–H groups in total. The van der Waals surface area contributed by atoms with Crippen LogP contribution in [0.4, 0.5) is 0 Å². The zero-order valence-electron chi connectivity index (χ0n) is 12.3. The van der Waals surface area contributed by atoms with Crippen LogP contribution in [-0.2, 0) is 11.2 Å². The fraction of sp³-hybridized carbons (Fsp3) is 0.625. The number of nitrogens with two attached hydrogens (primary N) is 1. The van der Waals surface area contributed by atoms with Crippen LogP contribution in [0.2, 0.25) is 0 Å². The maximum atomic E-state index is 6.06. The molecule has 0 aromatic heterocycles. The van der Waals surface area contributed by atoms with Crippen LogP contribution in [0, 0.1) is 6.92 Å². The van der Waals surface area contributed by atoms with Crippen molar-refractivity contribution >= 4 is 15.9 Å². The molecule has 112 valence electrons. The van der Waals surface area contributed by atoms with E-state index in [2.05, 4.69) is 35.0 Å². The highest BCUT2D eigenvalue weighted by Crippen LogP contribution is 2.29. The van der Waals surface area contributed by atoms with Gasteiger partial charge in [-0.3, -0.25) is 0 Å². The van der Waals surface area contributed by atoms with Crippen molar-refractivity contribution in [1.82, 2.24) is 0 Å². The van der Waals surface area contributed by atoms with Gasteiger partial charge in [-0.25, -0.2) is 0 Å². The lowest BCUT2D eigenvalue weighted by molar-refractivity contribution is -0.0113. The quantitative estimate of drug-likeness (QED) is 0.889. The van der Waals surface area contributed by atoms with E-state index in [1.807, 2.05) is 6.92 Å². The Bertz CT molecular complexity index is 442. The smallest absolute Gasteiger partial charge is 0.125 e. The molecule has 3 nitrogen and oxygen atoms in total. The van der Waals surface area contributed by atoms with Crippen LogP contribution in [-0.4, -0.2) is 25.4 Å². The maximum absolute atomic E-state index is 6.06. The predicted molar refractivity (Wildman–Crippen MR) is 85.3 cm³/mol. The van der Waals surface area contributed by atoms with Crippen molar-refractivity contribution in [3.63, 3.8) is 0 Å². The van der Waals surface area contributed by atoms with Crippen LogP contribution in [0.3, 0.4) is 0 Å². The molecule has 0 radical (unpaired) electrons. The maximum Gasteiger partial charge on any atom is 0.125 e. The Labute approximate surface area is 130 Å². The Morgan fingerprint density at radius 1 is 1.45 bits per heavy atom. The molecule has 20 heavy (non-hydrogen) atoms. The standard InChI is InChI=1S/C16H24BrNO2/c1-11-7-14(17)9-13(8-12(2)18)16(11)20-10-15-5-3-4-6-19-15/h7,9,12,15H,3-6,8,10,18H2,1-2H3. The van der Waals surface area contributed by atoms with E-state index in [0.717, 1.165) is 35.2 Å². The normalized spacial score (nSPS) is 20.7. The van der Waals surface area contributed by atoms with Gasteiger partial charge in [0.2, 0.25) is 0 Å². The summed E-state index contributed by atoms with van der Waals surface area (Å²) in [6, 6.07) is 4.31. The molecule has 0 spiro atoms. The van der Waals surface area contributed by atoms with Crippen molar-refractivity contribution in [3.8, 4) is 5.75 Å². The van der Waals surface area contributed by atoms with Crippen molar-refractivity contribution in [3.05, 3.63) is 27.7 Å². The number of halogens is 1. The average molecular weight is 342 g/mol. The average Bonchev–Trinajstić information content (AvgIpc) is 2.38. The van der Waals surface area contributed by atoms with E-state index >= 15 is 0 Å². The molecule has 4 heteroatoms. The lowest BCUT2D eigenvalue weighted by atomic mass is 10.0. The van der Waals surface area contributed by atoms with Gasteiger partial charge in [0.05, 0.1) is 6.10 Å². The van der Waals surface area contributed by atoms with Crippen molar-refractivity contribution in [1.29, 1.82) is 0 Å². The van der Waals surface area contributed by atoms with Crippen molar-refractivity contribution in [2.24, 2.45) is 5.73 Å². The monoisotopic (exact) mass is 341 g/mol. The summed E-state index contributed by atoms with van der Waals surface area (Å²) in [6.45, 7) is 5.59. The summed E-state index contributed by atoms with van der Waals surface area (Å²) in [5.74, 6) is 0.972. The number of hydrogen-bond donors (Lipinski definition) is 1. The second-order valence-electron chi connectivity index (χ2n) is 5.69. The third kappa shape index (κ3) is 4.47. The molecular weight excluding hydrogens is 318 g/mol. The molecule has 0 amide bonds. The largest absolute Gasteiger partial charge is 0.490 e. The molecule has 1 saturated heterocycles. The molecule has 1 aliphatic rings. The predicted octanol–water partition coefficient (Wildman–Crippen LogP) is 3.60. The summed E-state index contributed by atoms with van der Waals surface area (Å²) >= 11 is 3.54. The van der Waals surface area contributed by atoms with Crippen LogP contribution in [0.25, 0.3) is 0 Å². The first-order valence-corrected chi connectivity index (χ1v) is 8.14. The Morgan fingerprint density at radius 3 is 2.90 bits per heavy atom. The third-order valence-electron chi connectivity index (χ3n) is 3.55. The first kappa shape index (κ1) is 15.8. The lowest BCUT2D eigenvalue weighted by Crippen LogP contribution is -2.26. The molecule has 1 fully saturated rings. The summed E-state index contributed by atoms with van der Waals surface area (Å²) in [5.41, 5.74) is 8.25. The van der Waals surface area contributed by atoms with Crippen LogP contribution in [0.1, 0.15) is 37.3 Å². The Morgan fingerprint density at radius 2 is 2.25 bits per heavy atom. The van der Waals surface area contributed by atoms with Crippen LogP contribution in [0.15, 0.2) is 16.6 Å². The van der Waals surface area contributed by atoms with Gasteiger partial charge < -0.3 is 15.2 Å². The first-order valence-electron chi connectivity index (χ1n) is 7.35. The molecule has 1 aromatic rings. The molecule has 2 atom stereocenters. The first-order chi connectivity index (χ1) is 9.56. The Hall–Kier alpha value is -0.580. The van der Waals surface area contributed by atoms with E-state index in [4.69, 9.17) is 15.2 Å². The molecule has 0 saturated carbocycles. The van der Waals surface area contributed by atoms with Gasteiger partial charge >= 0.3 is 0 Å². The van der Waals surface area contributed by atoms with Gasteiger partial charge in [-0.15, -0.1) is 0 Å². The number of rotatable bonds is 5. The van der Waals surface area contributed by atoms with Crippen molar-refractivity contribution < 1.29 is 9.47 Å². The fourth-order valence-corrected chi connectivity index (χ4v) is 3.24. The number of ether oxygens (including phenoxy) is 2. The zero-order valence-corrected chi connectivity index (χ0v) is 13.9. The molecule has 0 bridgehead atoms. The highest BCUT2D eigenvalue weighted by atomic mass is 79.9. The highest BCUT2D eigenvalue weighted by molar-refractivity contribution is 9.10. The van der Waals surface area contributed by atoms with Crippen LogP contribution >= 0.6 is 15.9 Å². The van der Waals surface area contributed by atoms with Crippen LogP contribution in [0.5, 0.6) is 5.75 Å². The van der Waals surface area contributed by atoms with Crippen molar-refractivity contribution in [2.45, 2.75) is 51.7 Å². The SMILES string of the molecule is Cc1cc(Br)cc(CC(C)N)c1OCC1CCCCO1. The summed E-state index contributed by atoms with van der Waals surface area (Å²) in [7, 11) is 0. The van der Waals surface area contributed by atoms with E-state index in [9.17, 15) is 0 Å². The van der Waals surface area contributed by atoms with E-state index in [0.29, 0.717) is 6.61 Å². The molecular formula is C16H24BrNO2. The zero-order chi connectivity index (χ0) is 14.5. The van der Waals surface area contributed by atoms with Gasteiger partial charge in [-0.1, -0.05) is 15.9 Å². The molecule has 0 aliphatic carbocycles. The lowest BCUT2D eigenvalue weighted by Gasteiger charge is -2.24. The third-order valence-corrected chi connectivity index (χ3v) is 4.00. The molecule has 1 heterocycles. The van der Waals surface area contributed by atoms with E-state index < -0.39 is 0 Å². The molecule has 1 aliphatic heterocycles. The van der Waals surface area contributed by atoms with Gasteiger partial charge in [0.15, 0.2) is 0 Å². The van der Waals surface area contributed by atoms with E-state index in [1.165, 1.54) is 18.4 Å². The summed E-state index contributed by atoms with van der Waals surface area (Å²) in [6.07, 6.45) is 4.55. The second kappa shape index (κ2) is 7.43. The topological polar surface area (TPSA) is 44.5 Å². The second-order valence-corrected chi connectivity index (χ2v) is 6.61. The summed E-state index contributed by atoms with van der Waals surface area (Å²) < 4.78 is 12.9. The van der Waals surface area contributed by atoms with E-state index in [1.54, 1.807) is 0 Å². The fourth-order valence-electron chi connectivity index (χ4n) is 2.62. The Balaban J connectivity index is 2.08. The van der Waals surface area contributed by atoms with Crippen LogP contribution < -0.4 is 10.5 Å². The van der Waals surface area contributed by atoms with Gasteiger partial charge in [0.25, 0.3) is 0 Å². The minimum Gasteiger partial charge on any atom is -0.490 e. The van der Waals surface area contributed by atoms with Crippen molar-refractivity contribution in [2.75, 3.05) is 13.2 Å². The van der Waals surface area contributed by atoms with Gasteiger partial charge in [0.1, 0.15) is 12.4 Å². The molecule has 1 aromatic carbocycles. The Kier molecular flexibility index (Phi) is 5.87. The summed E-state index contributed by atoms with van der Waals surface area (Å²) in [5, 5.41) is 0. The number of aryl methyl sites for hydroxylation is 1. The number of hydrogen-bond acceptors (Lipinski definition) is 3. The minimum atomic E-state index is 0.122.